The van der Waals surface area contributed by atoms with Crippen molar-refractivity contribution in [3.8, 4) is 0 Å². The summed E-state index contributed by atoms with van der Waals surface area (Å²) in [6, 6.07) is 1.32. The highest BCUT2D eigenvalue weighted by Gasteiger charge is 2.36. The van der Waals surface area contributed by atoms with E-state index >= 15 is 0 Å². The molecule has 0 aromatic carbocycles. The number of fused-ring (bicyclic) bond motifs is 1. The molecule has 1 aliphatic heterocycles. The predicted octanol–water partition coefficient (Wildman–Crippen LogP) is 1.65. The van der Waals surface area contributed by atoms with Crippen LogP contribution in [0.5, 0.6) is 0 Å². The Hall–Kier alpha value is -1.40. The van der Waals surface area contributed by atoms with Gasteiger partial charge >= 0.3 is 5.97 Å². The Labute approximate surface area is 122 Å². The number of aliphatic carboxylic acids is 1. The molecule has 1 aromatic rings. The van der Waals surface area contributed by atoms with Gasteiger partial charge in [0.15, 0.2) is 6.04 Å². The average Bonchev–Trinajstić information content (AvgIpc) is 2.84. The number of nitrogens with zero attached hydrogens (tertiary/aromatic N) is 1. The second-order valence-corrected chi connectivity index (χ2v) is 6.24. The first-order chi connectivity index (χ1) is 9.50. The molecule has 2 N–H and O–H groups in total. The standard InChI is InChI=1S/C14H20N2O3S/c1-9(2)15-6-3-12(17)16-7-4-11-10(5-8-20-11)13(16)14(18)19/h5,8-9,13,15H,3-4,6-7H2,1-2H3,(H,18,19). The van der Waals surface area contributed by atoms with Crippen molar-refractivity contribution in [3.05, 3.63) is 21.9 Å². The third-order valence-electron chi connectivity index (χ3n) is 3.41. The van der Waals surface area contributed by atoms with Crippen molar-refractivity contribution in [1.29, 1.82) is 0 Å². The van der Waals surface area contributed by atoms with Crippen molar-refractivity contribution in [2.75, 3.05) is 13.1 Å². The molecule has 1 aromatic heterocycles. The van der Waals surface area contributed by atoms with Crippen LogP contribution in [0.15, 0.2) is 11.4 Å². The number of nitrogens with one attached hydrogen (secondary N) is 1. The molecule has 5 nitrogen and oxygen atoms in total. The maximum atomic E-state index is 12.3. The summed E-state index contributed by atoms with van der Waals surface area (Å²) in [4.78, 5) is 26.3. The molecule has 20 heavy (non-hydrogen) atoms. The lowest BCUT2D eigenvalue weighted by molar-refractivity contribution is -0.151. The molecule has 0 saturated heterocycles. The zero-order valence-electron chi connectivity index (χ0n) is 11.8. The SMILES string of the molecule is CC(C)NCCC(=O)N1CCc2sccc2C1C(=O)O. The molecule has 1 aliphatic rings. The summed E-state index contributed by atoms with van der Waals surface area (Å²) in [7, 11) is 0. The van der Waals surface area contributed by atoms with E-state index in [4.69, 9.17) is 0 Å². The van der Waals surface area contributed by atoms with E-state index in [1.165, 1.54) is 4.90 Å². The maximum Gasteiger partial charge on any atom is 0.331 e. The van der Waals surface area contributed by atoms with E-state index in [2.05, 4.69) is 5.32 Å². The van der Waals surface area contributed by atoms with Gasteiger partial charge in [0.1, 0.15) is 0 Å². The lowest BCUT2D eigenvalue weighted by atomic mass is 9.99. The summed E-state index contributed by atoms with van der Waals surface area (Å²) >= 11 is 1.57. The minimum absolute atomic E-state index is 0.0950. The number of amides is 1. The normalized spacial score (nSPS) is 18.1. The summed E-state index contributed by atoms with van der Waals surface area (Å²) in [6.45, 7) is 5.10. The van der Waals surface area contributed by atoms with Gasteiger partial charge in [-0.15, -0.1) is 11.3 Å². The Morgan fingerprint density at radius 3 is 2.95 bits per heavy atom. The second-order valence-electron chi connectivity index (χ2n) is 5.24. The van der Waals surface area contributed by atoms with E-state index in [0.717, 1.165) is 16.9 Å². The smallest absolute Gasteiger partial charge is 0.331 e. The van der Waals surface area contributed by atoms with Crippen LogP contribution in [0.4, 0.5) is 0 Å². The number of thiophene rings is 1. The van der Waals surface area contributed by atoms with Crippen molar-refractivity contribution in [2.45, 2.75) is 38.8 Å². The van der Waals surface area contributed by atoms with Crippen LogP contribution in [0, 0.1) is 0 Å². The molecule has 0 spiro atoms. The van der Waals surface area contributed by atoms with Gasteiger partial charge in [0.2, 0.25) is 5.91 Å². The topological polar surface area (TPSA) is 69.6 Å². The van der Waals surface area contributed by atoms with Crippen molar-refractivity contribution in [3.63, 3.8) is 0 Å². The highest BCUT2D eigenvalue weighted by molar-refractivity contribution is 7.10. The first kappa shape index (κ1) is 15.0. The number of rotatable bonds is 5. The van der Waals surface area contributed by atoms with Crippen molar-refractivity contribution in [2.24, 2.45) is 0 Å². The van der Waals surface area contributed by atoms with Crippen LogP contribution in [0.25, 0.3) is 0 Å². The molecule has 1 unspecified atom stereocenters. The predicted molar refractivity (Wildman–Crippen MR) is 77.9 cm³/mol. The van der Waals surface area contributed by atoms with Crippen molar-refractivity contribution < 1.29 is 14.7 Å². The molecule has 0 saturated carbocycles. The largest absolute Gasteiger partial charge is 0.479 e. The molecule has 0 bridgehead atoms. The highest BCUT2D eigenvalue weighted by Crippen LogP contribution is 2.33. The van der Waals surface area contributed by atoms with Gasteiger partial charge in [-0.05, 0) is 23.4 Å². The Balaban J connectivity index is 2.07. The molecule has 0 fully saturated rings. The van der Waals surface area contributed by atoms with Crippen LogP contribution in [0.1, 0.15) is 36.8 Å². The van der Waals surface area contributed by atoms with E-state index < -0.39 is 12.0 Å². The van der Waals surface area contributed by atoms with Gasteiger partial charge in [-0.1, -0.05) is 13.8 Å². The monoisotopic (exact) mass is 296 g/mol. The zero-order valence-corrected chi connectivity index (χ0v) is 12.6. The molecule has 0 radical (unpaired) electrons. The molecule has 6 heteroatoms. The first-order valence-corrected chi connectivity index (χ1v) is 7.70. The fourth-order valence-corrected chi connectivity index (χ4v) is 3.37. The minimum Gasteiger partial charge on any atom is -0.479 e. The van der Waals surface area contributed by atoms with Gasteiger partial charge in [0.05, 0.1) is 0 Å². The molecule has 1 amide bonds. The van der Waals surface area contributed by atoms with Gasteiger partial charge in [0.25, 0.3) is 0 Å². The van der Waals surface area contributed by atoms with E-state index in [0.29, 0.717) is 25.6 Å². The van der Waals surface area contributed by atoms with E-state index in [9.17, 15) is 14.7 Å². The summed E-state index contributed by atoms with van der Waals surface area (Å²) < 4.78 is 0. The Morgan fingerprint density at radius 1 is 1.55 bits per heavy atom. The highest BCUT2D eigenvalue weighted by atomic mass is 32.1. The Kier molecular flexibility index (Phi) is 4.77. The molecular formula is C14H20N2O3S. The number of hydrogen-bond donors (Lipinski definition) is 2. The zero-order chi connectivity index (χ0) is 14.7. The van der Waals surface area contributed by atoms with Crippen LogP contribution in [0.3, 0.4) is 0 Å². The molecular weight excluding hydrogens is 276 g/mol. The lowest BCUT2D eigenvalue weighted by Crippen LogP contribution is -2.44. The molecule has 1 atom stereocenters. The van der Waals surface area contributed by atoms with Crippen molar-refractivity contribution in [1.82, 2.24) is 10.2 Å². The summed E-state index contributed by atoms with van der Waals surface area (Å²) in [5, 5.41) is 14.5. The third-order valence-corrected chi connectivity index (χ3v) is 4.41. The van der Waals surface area contributed by atoms with Gasteiger partial charge in [-0.3, -0.25) is 4.79 Å². The third kappa shape index (κ3) is 3.19. The first-order valence-electron chi connectivity index (χ1n) is 6.82. The molecule has 2 rings (SSSR count). The number of carbonyl (C=O) groups excluding carboxylic acids is 1. The fraction of sp³-hybridized carbons (Fsp3) is 0.571. The Morgan fingerprint density at radius 2 is 2.30 bits per heavy atom. The van der Waals surface area contributed by atoms with Crippen LogP contribution in [0.2, 0.25) is 0 Å². The quantitative estimate of drug-likeness (QED) is 0.867. The van der Waals surface area contributed by atoms with E-state index in [1.807, 2.05) is 25.3 Å². The number of carboxylic acids is 1. The minimum atomic E-state index is -0.950. The second kappa shape index (κ2) is 6.37. The Bertz CT molecular complexity index is 498. The van der Waals surface area contributed by atoms with Crippen LogP contribution >= 0.6 is 11.3 Å². The van der Waals surface area contributed by atoms with Crippen LogP contribution in [-0.2, 0) is 16.0 Å². The van der Waals surface area contributed by atoms with Gasteiger partial charge in [-0.2, -0.15) is 0 Å². The molecule has 110 valence electrons. The van der Waals surface area contributed by atoms with Crippen LogP contribution in [-0.4, -0.2) is 41.0 Å². The maximum absolute atomic E-state index is 12.3. The van der Waals surface area contributed by atoms with Crippen LogP contribution < -0.4 is 5.32 Å². The number of carbonyl (C=O) groups is 2. The van der Waals surface area contributed by atoms with Crippen molar-refractivity contribution >= 4 is 23.2 Å². The number of hydrogen-bond acceptors (Lipinski definition) is 4. The van der Waals surface area contributed by atoms with E-state index in [-0.39, 0.29) is 5.91 Å². The summed E-state index contributed by atoms with van der Waals surface area (Å²) in [5.74, 6) is -1.04. The fourth-order valence-electron chi connectivity index (χ4n) is 2.46. The molecule has 2 heterocycles. The molecule has 0 aliphatic carbocycles. The summed E-state index contributed by atoms with van der Waals surface area (Å²) in [6.07, 6.45) is 1.08. The lowest BCUT2D eigenvalue weighted by Gasteiger charge is -2.33. The van der Waals surface area contributed by atoms with Gasteiger partial charge in [0, 0.05) is 30.4 Å². The number of carboxylic acid groups (broad SMARTS) is 1. The van der Waals surface area contributed by atoms with Gasteiger partial charge in [-0.25, -0.2) is 4.79 Å². The van der Waals surface area contributed by atoms with Gasteiger partial charge < -0.3 is 15.3 Å². The summed E-state index contributed by atoms with van der Waals surface area (Å²) in [5.41, 5.74) is 0.777. The average molecular weight is 296 g/mol. The van der Waals surface area contributed by atoms with E-state index in [1.54, 1.807) is 11.3 Å².